The van der Waals surface area contributed by atoms with E-state index in [1.807, 2.05) is 5.43 Å². The Morgan fingerprint density at radius 3 is 2.94 bits per heavy atom. The van der Waals surface area contributed by atoms with E-state index in [9.17, 15) is 9.59 Å². The lowest BCUT2D eigenvalue weighted by Gasteiger charge is -2.00. The highest BCUT2D eigenvalue weighted by Crippen LogP contribution is 2.05. The summed E-state index contributed by atoms with van der Waals surface area (Å²) in [5.74, 6) is 4.31. The third-order valence-corrected chi connectivity index (χ3v) is 2.05. The maximum Gasteiger partial charge on any atom is 0.309 e. The van der Waals surface area contributed by atoms with Crippen LogP contribution in [0.5, 0.6) is 0 Å². The average Bonchev–Trinajstić information content (AvgIpc) is 2.38. The number of esters is 1. The SMILES string of the molecule is CCOC(=O)CC=Cc1cncc(C(=O)NN)c1. The summed E-state index contributed by atoms with van der Waals surface area (Å²) in [4.78, 5) is 26.2. The minimum Gasteiger partial charge on any atom is -0.466 e. The van der Waals surface area contributed by atoms with Crippen molar-refractivity contribution in [2.24, 2.45) is 5.84 Å². The Morgan fingerprint density at radius 1 is 1.50 bits per heavy atom. The molecule has 0 aromatic carbocycles. The second kappa shape index (κ2) is 7.18. The smallest absolute Gasteiger partial charge is 0.309 e. The Hall–Kier alpha value is -2.21. The molecule has 0 unspecified atom stereocenters. The van der Waals surface area contributed by atoms with Gasteiger partial charge in [-0.15, -0.1) is 0 Å². The van der Waals surface area contributed by atoms with Crippen LogP contribution in [0.2, 0.25) is 0 Å². The van der Waals surface area contributed by atoms with Gasteiger partial charge in [0.05, 0.1) is 18.6 Å². The third kappa shape index (κ3) is 4.34. The number of nitrogens with zero attached hydrogens (tertiary/aromatic N) is 1. The number of rotatable bonds is 5. The van der Waals surface area contributed by atoms with Crippen molar-refractivity contribution >= 4 is 18.0 Å². The molecular weight excluding hydrogens is 234 g/mol. The summed E-state index contributed by atoms with van der Waals surface area (Å²) in [5, 5.41) is 0. The number of ether oxygens (including phenoxy) is 1. The molecule has 3 N–H and O–H groups in total. The highest BCUT2D eigenvalue weighted by Gasteiger charge is 2.03. The zero-order valence-corrected chi connectivity index (χ0v) is 10.1. The molecule has 0 aliphatic rings. The van der Waals surface area contributed by atoms with Crippen molar-refractivity contribution in [3.63, 3.8) is 0 Å². The molecule has 0 spiro atoms. The van der Waals surface area contributed by atoms with Crippen molar-refractivity contribution in [3.8, 4) is 0 Å². The first kappa shape index (κ1) is 13.9. The molecule has 1 aromatic rings. The Labute approximate surface area is 105 Å². The number of hydrogen-bond acceptors (Lipinski definition) is 5. The quantitative estimate of drug-likeness (QED) is 0.346. The number of hydrogen-bond donors (Lipinski definition) is 2. The summed E-state index contributed by atoms with van der Waals surface area (Å²) in [6, 6.07) is 1.62. The topological polar surface area (TPSA) is 94.3 Å². The number of pyridine rings is 1. The van der Waals surface area contributed by atoms with Crippen molar-refractivity contribution in [1.29, 1.82) is 0 Å². The first-order valence-electron chi connectivity index (χ1n) is 5.45. The maximum absolute atomic E-state index is 11.3. The van der Waals surface area contributed by atoms with E-state index in [1.54, 1.807) is 31.3 Å². The fraction of sp³-hybridized carbons (Fsp3) is 0.250. The van der Waals surface area contributed by atoms with Crippen LogP contribution in [0.25, 0.3) is 6.08 Å². The van der Waals surface area contributed by atoms with E-state index < -0.39 is 5.91 Å². The molecular formula is C12H15N3O3. The highest BCUT2D eigenvalue weighted by molar-refractivity contribution is 5.93. The predicted molar refractivity (Wildman–Crippen MR) is 66.2 cm³/mol. The molecule has 0 atom stereocenters. The standard InChI is InChI=1S/C12H15N3O3/c1-2-18-11(16)5-3-4-9-6-10(8-14-7-9)12(17)15-13/h3-4,6-8H,2,5,13H2,1H3,(H,15,17). The molecule has 0 aliphatic heterocycles. The maximum atomic E-state index is 11.3. The molecule has 0 saturated carbocycles. The fourth-order valence-corrected chi connectivity index (χ4v) is 1.27. The van der Waals surface area contributed by atoms with Crippen LogP contribution in [0.15, 0.2) is 24.5 Å². The van der Waals surface area contributed by atoms with Crippen molar-refractivity contribution in [2.45, 2.75) is 13.3 Å². The Balaban J connectivity index is 2.64. The van der Waals surface area contributed by atoms with Crippen LogP contribution < -0.4 is 11.3 Å². The molecule has 0 aliphatic carbocycles. The number of amides is 1. The summed E-state index contributed by atoms with van der Waals surface area (Å²) in [6.45, 7) is 2.11. The predicted octanol–water partition coefficient (Wildman–Crippen LogP) is 0.651. The van der Waals surface area contributed by atoms with Gasteiger partial charge in [-0.1, -0.05) is 12.2 Å². The highest BCUT2D eigenvalue weighted by atomic mass is 16.5. The van der Waals surface area contributed by atoms with Gasteiger partial charge in [-0.25, -0.2) is 5.84 Å². The molecule has 6 nitrogen and oxygen atoms in total. The van der Waals surface area contributed by atoms with Gasteiger partial charge >= 0.3 is 5.97 Å². The Kier molecular flexibility index (Phi) is 5.53. The molecule has 18 heavy (non-hydrogen) atoms. The van der Waals surface area contributed by atoms with E-state index in [1.165, 1.54) is 6.20 Å². The van der Waals surface area contributed by atoms with Crippen LogP contribution in [-0.2, 0) is 9.53 Å². The lowest BCUT2D eigenvalue weighted by atomic mass is 10.2. The largest absolute Gasteiger partial charge is 0.466 e. The fourth-order valence-electron chi connectivity index (χ4n) is 1.27. The van der Waals surface area contributed by atoms with Crippen molar-refractivity contribution < 1.29 is 14.3 Å². The van der Waals surface area contributed by atoms with Gasteiger partial charge in [0.15, 0.2) is 0 Å². The van der Waals surface area contributed by atoms with Crippen LogP contribution in [-0.4, -0.2) is 23.5 Å². The molecule has 1 rings (SSSR count). The van der Waals surface area contributed by atoms with Crippen molar-refractivity contribution in [2.75, 3.05) is 6.61 Å². The molecule has 6 heteroatoms. The molecule has 0 bridgehead atoms. The lowest BCUT2D eigenvalue weighted by Crippen LogP contribution is -2.30. The van der Waals surface area contributed by atoms with E-state index in [4.69, 9.17) is 10.6 Å². The van der Waals surface area contributed by atoms with E-state index in [0.717, 1.165) is 0 Å². The average molecular weight is 249 g/mol. The van der Waals surface area contributed by atoms with Gasteiger partial charge in [0.25, 0.3) is 5.91 Å². The minimum atomic E-state index is -0.414. The van der Waals surface area contributed by atoms with Crippen LogP contribution in [0.3, 0.4) is 0 Å². The van der Waals surface area contributed by atoms with E-state index in [0.29, 0.717) is 17.7 Å². The number of hydrazine groups is 1. The number of carbonyl (C=O) groups is 2. The zero-order chi connectivity index (χ0) is 13.4. The molecule has 96 valence electrons. The molecule has 0 fully saturated rings. The zero-order valence-electron chi connectivity index (χ0n) is 10.1. The van der Waals surface area contributed by atoms with Crippen LogP contribution >= 0.6 is 0 Å². The summed E-state index contributed by atoms with van der Waals surface area (Å²) in [5.41, 5.74) is 3.09. The van der Waals surface area contributed by atoms with Crippen molar-refractivity contribution in [1.82, 2.24) is 10.4 Å². The summed E-state index contributed by atoms with van der Waals surface area (Å²) < 4.78 is 4.77. The first-order valence-corrected chi connectivity index (χ1v) is 5.45. The van der Waals surface area contributed by atoms with E-state index >= 15 is 0 Å². The minimum absolute atomic E-state index is 0.182. The summed E-state index contributed by atoms with van der Waals surface area (Å²) >= 11 is 0. The second-order valence-corrected chi connectivity index (χ2v) is 3.39. The number of nitrogen functional groups attached to an aromatic ring is 1. The van der Waals surface area contributed by atoms with Gasteiger partial charge in [0, 0.05) is 12.4 Å². The van der Waals surface area contributed by atoms with Crippen LogP contribution in [0.4, 0.5) is 0 Å². The number of nitrogens with two attached hydrogens (primary N) is 1. The number of nitrogens with one attached hydrogen (secondary N) is 1. The molecule has 1 heterocycles. The molecule has 0 saturated heterocycles. The Morgan fingerprint density at radius 2 is 2.28 bits per heavy atom. The monoisotopic (exact) mass is 249 g/mol. The van der Waals surface area contributed by atoms with Crippen LogP contribution in [0, 0.1) is 0 Å². The van der Waals surface area contributed by atoms with Gasteiger partial charge in [0.2, 0.25) is 0 Å². The van der Waals surface area contributed by atoms with E-state index in [2.05, 4.69) is 4.98 Å². The summed E-state index contributed by atoms with van der Waals surface area (Å²) in [7, 11) is 0. The van der Waals surface area contributed by atoms with E-state index in [-0.39, 0.29) is 12.4 Å². The van der Waals surface area contributed by atoms with Crippen LogP contribution in [0.1, 0.15) is 29.3 Å². The Bertz CT molecular complexity index is 458. The summed E-state index contributed by atoms with van der Waals surface area (Å²) in [6.07, 6.45) is 6.51. The first-order chi connectivity index (χ1) is 8.67. The second-order valence-electron chi connectivity index (χ2n) is 3.39. The molecule has 1 aromatic heterocycles. The van der Waals surface area contributed by atoms with Gasteiger partial charge in [0.1, 0.15) is 0 Å². The van der Waals surface area contributed by atoms with Gasteiger partial charge in [-0.2, -0.15) is 0 Å². The normalized spacial score (nSPS) is 10.3. The molecule has 1 amide bonds. The molecule has 0 radical (unpaired) electrons. The van der Waals surface area contributed by atoms with Gasteiger partial charge in [-0.3, -0.25) is 20.0 Å². The van der Waals surface area contributed by atoms with Gasteiger partial charge < -0.3 is 4.74 Å². The van der Waals surface area contributed by atoms with Gasteiger partial charge in [-0.05, 0) is 18.6 Å². The number of aromatic nitrogens is 1. The lowest BCUT2D eigenvalue weighted by molar-refractivity contribution is -0.142. The third-order valence-electron chi connectivity index (χ3n) is 2.05. The van der Waals surface area contributed by atoms with Crippen molar-refractivity contribution in [3.05, 3.63) is 35.7 Å². The number of carbonyl (C=O) groups excluding carboxylic acids is 2.